The van der Waals surface area contributed by atoms with Crippen molar-refractivity contribution in [2.24, 2.45) is 0 Å². The van der Waals surface area contributed by atoms with Crippen LogP contribution in [0.4, 0.5) is 0 Å². The van der Waals surface area contributed by atoms with E-state index in [1.165, 1.54) is 5.56 Å². The molecule has 1 aliphatic rings. The molecule has 0 spiro atoms. The summed E-state index contributed by atoms with van der Waals surface area (Å²) >= 11 is 1.63. The number of rotatable bonds is 2. The standard InChI is InChI=1S/C16H20BNO2S/c1-11-7-6-8-12(9-11)14-18-13(10-21-14)17-19-15(2,3)16(4,5)20-17/h6-10H,1-5H3. The number of aromatic nitrogens is 1. The van der Waals surface area contributed by atoms with E-state index in [1.54, 1.807) is 11.3 Å². The first-order chi connectivity index (χ1) is 9.78. The minimum absolute atomic E-state index is 0.329. The Bertz CT molecular complexity index is 650. The molecule has 1 aliphatic heterocycles. The number of thiazole rings is 1. The SMILES string of the molecule is Cc1cccc(-c2nc(B3OC(C)(C)C(C)(C)O3)cs2)c1. The highest BCUT2D eigenvalue weighted by molar-refractivity contribution is 7.14. The van der Waals surface area contributed by atoms with Crippen molar-refractivity contribution >= 4 is 24.0 Å². The van der Waals surface area contributed by atoms with Crippen LogP contribution in [0.2, 0.25) is 0 Å². The molecular formula is C16H20BNO2S. The maximum absolute atomic E-state index is 6.04. The number of hydrogen-bond donors (Lipinski definition) is 0. The molecule has 0 N–H and O–H groups in total. The first-order valence-corrected chi connectivity index (χ1v) is 8.05. The molecule has 2 heterocycles. The Morgan fingerprint density at radius 1 is 1.10 bits per heavy atom. The second-order valence-electron chi connectivity index (χ2n) is 6.54. The third kappa shape index (κ3) is 2.66. The van der Waals surface area contributed by atoms with E-state index in [0.717, 1.165) is 16.2 Å². The van der Waals surface area contributed by atoms with Crippen molar-refractivity contribution in [2.45, 2.75) is 45.8 Å². The molecule has 5 heteroatoms. The zero-order valence-corrected chi connectivity index (χ0v) is 14.0. The lowest BCUT2D eigenvalue weighted by molar-refractivity contribution is 0.00578. The molecule has 0 atom stereocenters. The lowest BCUT2D eigenvalue weighted by Crippen LogP contribution is -2.41. The van der Waals surface area contributed by atoms with E-state index in [9.17, 15) is 0 Å². The molecule has 110 valence electrons. The second kappa shape index (κ2) is 4.94. The molecule has 0 radical (unpaired) electrons. The smallest absolute Gasteiger partial charge is 0.398 e. The van der Waals surface area contributed by atoms with Crippen LogP contribution < -0.4 is 5.59 Å². The molecule has 0 aliphatic carbocycles. The van der Waals surface area contributed by atoms with Crippen LogP contribution in [0.15, 0.2) is 29.6 Å². The summed E-state index contributed by atoms with van der Waals surface area (Å²) < 4.78 is 12.1. The quantitative estimate of drug-likeness (QED) is 0.797. The molecule has 0 unspecified atom stereocenters. The van der Waals surface area contributed by atoms with Crippen LogP contribution in [0.1, 0.15) is 33.3 Å². The summed E-state index contributed by atoms with van der Waals surface area (Å²) in [5.41, 5.74) is 2.58. The zero-order valence-electron chi connectivity index (χ0n) is 13.1. The van der Waals surface area contributed by atoms with Gasteiger partial charge in [-0.1, -0.05) is 23.8 Å². The topological polar surface area (TPSA) is 31.4 Å². The van der Waals surface area contributed by atoms with Gasteiger partial charge in [0.1, 0.15) is 5.01 Å². The van der Waals surface area contributed by atoms with E-state index in [0.29, 0.717) is 0 Å². The van der Waals surface area contributed by atoms with Gasteiger partial charge in [0.05, 0.1) is 16.8 Å². The number of nitrogens with zero attached hydrogens (tertiary/aromatic N) is 1. The van der Waals surface area contributed by atoms with Crippen LogP contribution in [-0.4, -0.2) is 23.3 Å². The van der Waals surface area contributed by atoms with Gasteiger partial charge in [-0.3, -0.25) is 0 Å². The average molecular weight is 301 g/mol. The van der Waals surface area contributed by atoms with E-state index in [-0.39, 0.29) is 18.3 Å². The largest absolute Gasteiger partial charge is 0.515 e. The van der Waals surface area contributed by atoms with Crippen molar-refractivity contribution in [3.63, 3.8) is 0 Å². The third-order valence-corrected chi connectivity index (χ3v) is 5.19. The van der Waals surface area contributed by atoms with Crippen LogP contribution in [0.3, 0.4) is 0 Å². The van der Waals surface area contributed by atoms with Gasteiger partial charge in [0, 0.05) is 10.9 Å². The Morgan fingerprint density at radius 2 is 1.76 bits per heavy atom. The maximum Gasteiger partial charge on any atom is 0.515 e. The molecule has 0 amide bonds. The van der Waals surface area contributed by atoms with Gasteiger partial charge >= 0.3 is 7.12 Å². The van der Waals surface area contributed by atoms with Crippen LogP contribution in [0.25, 0.3) is 10.6 Å². The summed E-state index contributed by atoms with van der Waals surface area (Å²) in [7, 11) is -0.384. The van der Waals surface area contributed by atoms with E-state index in [2.05, 4.69) is 58.9 Å². The van der Waals surface area contributed by atoms with Gasteiger partial charge in [-0.25, -0.2) is 4.98 Å². The maximum atomic E-state index is 6.04. The molecule has 0 bridgehead atoms. The van der Waals surface area contributed by atoms with Crippen molar-refractivity contribution in [3.8, 4) is 10.6 Å². The van der Waals surface area contributed by atoms with E-state index < -0.39 is 0 Å². The highest BCUT2D eigenvalue weighted by atomic mass is 32.1. The fourth-order valence-corrected chi connectivity index (χ4v) is 3.09. The Labute approximate surface area is 130 Å². The number of hydrogen-bond acceptors (Lipinski definition) is 4. The van der Waals surface area contributed by atoms with Crippen LogP contribution in [0, 0.1) is 6.92 Å². The molecule has 3 nitrogen and oxygen atoms in total. The fourth-order valence-electron chi connectivity index (χ4n) is 2.27. The number of benzene rings is 1. The Hall–Kier alpha value is -1.17. The van der Waals surface area contributed by atoms with Crippen LogP contribution in [-0.2, 0) is 9.31 Å². The highest BCUT2D eigenvalue weighted by Crippen LogP contribution is 2.36. The first kappa shape index (κ1) is 14.8. The lowest BCUT2D eigenvalue weighted by Gasteiger charge is -2.32. The normalized spacial score (nSPS) is 20.0. The van der Waals surface area contributed by atoms with E-state index in [4.69, 9.17) is 14.3 Å². The summed E-state index contributed by atoms with van der Waals surface area (Å²) in [5.74, 6) is 0. The summed E-state index contributed by atoms with van der Waals surface area (Å²) in [6.45, 7) is 10.3. The molecule has 21 heavy (non-hydrogen) atoms. The summed E-state index contributed by atoms with van der Waals surface area (Å²) in [5, 5.41) is 3.03. The van der Waals surface area contributed by atoms with Crippen molar-refractivity contribution in [1.29, 1.82) is 0 Å². The fraction of sp³-hybridized carbons (Fsp3) is 0.438. The zero-order chi connectivity index (χ0) is 15.3. The monoisotopic (exact) mass is 301 g/mol. The minimum Gasteiger partial charge on any atom is -0.398 e. The summed E-state index contributed by atoms with van der Waals surface area (Å²) in [4.78, 5) is 4.70. The molecule has 1 aromatic carbocycles. The third-order valence-electron chi connectivity index (χ3n) is 4.28. The van der Waals surface area contributed by atoms with E-state index >= 15 is 0 Å². The summed E-state index contributed by atoms with van der Waals surface area (Å²) in [6, 6.07) is 8.37. The van der Waals surface area contributed by atoms with Gasteiger partial charge in [0.25, 0.3) is 0 Å². The van der Waals surface area contributed by atoms with Crippen molar-refractivity contribution in [1.82, 2.24) is 4.98 Å². The molecular weight excluding hydrogens is 281 g/mol. The number of aryl methyl sites for hydroxylation is 1. The molecule has 0 saturated carbocycles. The molecule has 1 fully saturated rings. The van der Waals surface area contributed by atoms with Crippen molar-refractivity contribution in [2.75, 3.05) is 0 Å². The Kier molecular flexibility index (Phi) is 3.47. The first-order valence-electron chi connectivity index (χ1n) is 7.17. The van der Waals surface area contributed by atoms with Gasteiger partial charge in [-0.05, 0) is 40.7 Å². The van der Waals surface area contributed by atoms with E-state index in [1.807, 2.05) is 5.38 Å². The van der Waals surface area contributed by atoms with Crippen molar-refractivity contribution < 1.29 is 9.31 Å². The average Bonchev–Trinajstić information content (AvgIpc) is 2.93. The predicted molar refractivity (Wildman–Crippen MR) is 88.0 cm³/mol. The van der Waals surface area contributed by atoms with Gasteiger partial charge in [-0.2, -0.15) is 0 Å². The van der Waals surface area contributed by atoms with Gasteiger partial charge in [-0.15, -0.1) is 11.3 Å². The Balaban J connectivity index is 1.87. The molecule has 2 aromatic rings. The highest BCUT2D eigenvalue weighted by Gasteiger charge is 2.52. The Morgan fingerprint density at radius 3 is 2.38 bits per heavy atom. The predicted octanol–water partition coefficient (Wildman–Crippen LogP) is 3.42. The van der Waals surface area contributed by atoms with Crippen LogP contribution >= 0.6 is 11.3 Å². The summed E-state index contributed by atoms with van der Waals surface area (Å²) in [6.07, 6.45) is 0. The second-order valence-corrected chi connectivity index (χ2v) is 7.39. The van der Waals surface area contributed by atoms with Gasteiger partial charge in [0.15, 0.2) is 0 Å². The molecule has 1 aromatic heterocycles. The minimum atomic E-state index is -0.384. The van der Waals surface area contributed by atoms with Gasteiger partial charge < -0.3 is 9.31 Å². The van der Waals surface area contributed by atoms with Crippen LogP contribution in [0.5, 0.6) is 0 Å². The van der Waals surface area contributed by atoms with Crippen molar-refractivity contribution in [3.05, 3.63) is 35.2 Å². The lowest BCUT2D eigenvalue weighted by atomic mass is 9.86. The molecule has 3 rings (SSSR count). The molecule has 1 saturated heterocycles. The van der Waals surface area contributed by atoms with Gasteiger partial charge in [0.2, 0.25) is 0 Å².